The van der Waals surface area contributed by atoms with E-state index in [1.54, 1.807) is 14.2 Å². The summed E-state index contributed by atoms with van der Waals surface area (Å²) >= 11 is 0. The van der Waals surface area contributed by atoms with Gasteiger partial charge in [0, 0.05) is 46.4 Å². The third kappa shape index (κ3) is 8.73. The van der Waals surface area contributed by atoms with Gasteiger partial charge in [-0.25, -0.2) is 0 Å². The van der Waals surface area contributed by atoms with Gasteiger partial charge >= 0.3 is 0 Å². The Balaban J connectivity index is 0.000000161. The Morgan fingerprint density at radius 3 is 1.47 bits per heavy atom. The van der Waals surface area contributed by atoms with Gasteiger partial charge in [-0.2, -0.15) is 9.13 Å². The third-order valence-electron chi connectivity index (χ3n) is 11.6. The van der Waals surface area contributed by atoms with Gasteiger partial charge in [0.2, 0.25) is 11.0 Å². The first-order valence-corrected chi connectivity index (χ1v) is 19.5. The first-order chi connectivity index (χ1) is 25.4. The van der Waals surface area contributed by atoms with Crippen LogP contribution in [0.15, 0.2) is 98.4 Å². The summed E-state index contributed by atoms with van der Waals surface area (Å²) in [6.45, 7) is 12.2. The van der Waals surface area contributed by atoms with Crippen LogP contribution in [0.3, 0.4) is 0 Å². The summed E-state index contributed by atoms with van der Waals surface area (Å²) in [6.07, 6.45) is 11.5. The van der Waals surface area contributed by atoms with Gasteiger partial charge in [0.05, 0.1) is 38.4 Å². The van der Waals surface area contributed by atoms with Crippen molar-refractivity contribution in [3.63, 3.8) is 0 Å². The maximum Gasteiger partial charge on any atom is 0.276 e. The Bertz CT molecular complexity index is 1890. The smallest absolute Gasteiger partial charge is 0.276 e. The van der Waals surface area contributed by atoms with Gasteiger partial charge < -0.3 is 28.8 Å². The number of methoxy groups -OCH3 is 2. The molecular weight excluding hydrogens is 697 g/mol. The van der Waals surface area contributed by atoms with Crippen molar-refractivity contribution >= 4 is 32.2 Å². The number of pyridine rings is 2. The monoisotopic (exact) mass is 746 g/mol. The lowest BCUT2D eigenvalue weighted by atomic mass is 9.75. The lowest BCUT2D eigenvalue weighted by molar-refractivity contribution is -0.744. The largest absolute Gasteiger partial charge is 0.759 e. The fourth-order valence-corrected chi connectivity index (χ4v) is 8.88. The molecule has 2 aromatic heterocycles. The Hall–Kier alpha value is -3.95. The number of fused-ring (bicyclic) bond motifs is 8. The molecule has 2 aromatic carbocycles. The van der Waals surface area contributed by atoms with Crippen LogP contribution in [0.25, 0.3) is 21.8 Å². The minimum Gasteiger partial charge on any atom is -0.759 e. The molecule has 0 spiro atoms. The van der Waals surface area contributed by atoms with Gasteiger partial charge in [-0.15, -0.1) is 13.2 Å². The van der Waals surface area contributed by atoms with E-state index in [9.17, 15) is 10.2 Å². The molecule has 4 aromatic rings. The number of piperidine rings is 6. The molecule has 10 atom stereocenters. The molecule has 4 bridgehead atoms. The average molecular weight is 747 g/mol. The Kier molecular flexibility index (Phi) is 12.1. The highest BCUT2D eigenvalue weighted by Crippen LogP contribution is 2.40. The van der Waals surface area contributed by atoms with Crippen LogP contribution in [0.4, 0.5) is 0 Å². The molecule has 0 amide bonds. The molecule has 6 aliphatic rings. The molecule has 6 saturated heterocycles. The van der Waals surface area contributed by atoms with Crippen LogP contribution < -0.4 is 18.6 Å². The average Bonchev–Trinajstić information content (AvgIpc) is 3.19. The van der Waals surface area contributed by atoms with E-state index in [-0.39, 0.29) is 12.1 Å². The molecule has 6 fully saturated rings. The molecule has 0 radical (unpaired) electrons. The minimum absolute atomic E-state index is 0.168. The van der Waals surface area contributed by atoms with Gasteiger partial charge in [-0.05, 0) is 98.8 Å². The first kappa shape index (κ1) is 38.8. The fourth-order valence-electron chi connectivity index (χ4n) is 8.88. The van der Waals surface area contributed by atoms with Crippen LogP contribution >= 0.6 is 0 Å². The topological polar surface area (TPSA) is 153 Å². The molecule has 10 rings (SSSR count). The number of aromatic nitrogens is 2. The van der Waals surface area contributed by atoms with Crippen LogP contribution in [-0.4, -0.2) is 90.0 Å². The first-order valence-electron chi connectivity index (χ1n) is 18.1. The number of hydrogen-bond acceptors (Lipinski definition) is 10. The van der Waals surface area contributed by atoms with E-state index in [4.69, 9.17) is 27.0 Å². The highest BCUT2D eigenvalue weighted by Gasteiger charge is 2.46. The Morgan fingerprint density at radius 2 is 1.15 bits per heavy atom. The summed E-state index contributed by atoms with van der Waals surface area (Å²) in [6, 6.07) is 20.5. The van der Waals surface area contributed by atoms with E-state index in [1.165, 1.54) is 12.8 Å². The molecule has 0 aliphatic carbocycles. The molecule has 53 heavy (non-hydrogen) atoms. The van der Waals surface area contributed by atoms with E-state index in [0.717, 1.165) is 72.3 Å². The zero-order chi connectivity index (χ0) is 37.9. The van der Waals surface area contributed by atoms with Crippen molar-refractivity contribution in [2.45, 2.75) is 50.2 Å². The zero-order valence-electron chi connectivity index (χ0n) is 30.3. The number of hydrogen-bond donors (Lipinski definition) is 2. The van der Waals surface area contributed by atoms with Crippen molar-refractivity contribution in [3.05, 3.63) is 98.4 Å². The molecular formula is C40H50N4O8S. The second-order valence-corrected chi connectivity index (χ2v) is 15.2. The van der Waals surface area contributed by atoms with E-state index >= 15 is 0 Å². The number of benzene rings is 2. The molecule has 6 aliphatic heterocycles. The zero-order valence-corrected chi connectivity index (χ0v) is 31.1. The van der Waals surface area contributed by atoms with Crippen molar-refractivity contribution in [3.8, 4) is 11.5 Å². The van der Waals surface area contributed by atoms with E-state index < -0.39 is 22.9 Å². The lowest BCUT2D eigenvalue weighted by Gasteiger charge is -2.48. The summed E-state index contributed by atoms with van der Waals surface area (Å²) < 4.78 is 48.8. The Labute approximate surface area is 311 Å². The number of rotatable bonds is 8. The minimum atomic E-state index is -5.17. The predicted molar refractivity (Wildman–Crippen MR) is 198 cm³/mol. The van der Waals surface area contributed by atoms with Crippen molar-refractivity contribution in [1.82, 2.24) is 9.80 Å². The third-order valence-corrected chi connectivity index (χ3v) is 11.6. The van der Waals surface area contributed by atoms with E-state index in [2.05, 4.69) is 47.2 Å². The van der Waals surface area contributed by atoms with Crippen molar-refractivity contribution in [1.29, 1.82) is 0 Å². The number of nitrogens with zero attached hydrogens (tertiary/aromatic N) is 4. The van der Waals surface area contributed by atoms with Gasteiger partial charge in [-0.1, -0.05) is 12.2 Å². The second-order valence-electron chi connectivity index (χ2n) is 14.4. The normalized spacial score (nSPS) is 28.5. The van der Waals surface area contributed by atoms with Crippen LogP contribution in [0.5, 0.6) is 11.5 Å². The van der Waals surface area contributed by atoms with Crippen molar-refractivity contribution < 1.29 is 46.3 Å². The highest BCUT2D eigenvalue weighted by atomic mass is 32.3. The summed E-state index contributed by atoms with van der Waals surface area (Å²) in [7, 11) is -1.82. The Morgan fingerprint density at radius 1 is 0.755 bits per heavy atom. The molecule has 0 saturated carbocycles. The van der Waals surface area contributed by atoms with Gasteiger partial charge in [0.25, 0.3) is 12.5 Å². The molecule has 8 heterocycles. The molecule has 2 N–H and O–H groups in total. The summed E-state index contributed by atoms with van der Waals surface area (Å²) in [5.74, 6) is 4.06. The second kappa shape index (κ2) is 16.6. The fraction of sp³-hybridized carbons (Fsp3) is 0.450. The molecule has 13 heteroatoms. The number of ether oxygens (including phenoxy) is 2. The number of aliphatic hydroxyl groups is 2. The van der Waals surface area contributed by atoms with Gasteiger partial charge in [0.1, 0.15) is 11.5 Å². The van der Waals surface area contributed by atoms with Crippen LogP contribution in [-0.2, 0) is 10.4 Å². The maximum absolute atomic E-state index is 11.1. The lowest BCUT2D eigenvalue weighted by Crippen LogP contribution is -2.60. The van der Waals surface area contributed by atoms with Gasteiger partial charge in [0.15, 0.2) is 12.4 Å². The molecule has 284 valence electrons. The molecule has 12 nitrogen and oxygen atoms in total. The van der Waals surface area contributed by atoms with Crippen molar-refractivity contribution in [2.75, 3.05) is 40.4 Å². The van der Waals surface area contributed by atoms with Crippen LogP contribution in [0.1, 0.15) is 38.1 Å². The summed E-state index contributed by atoms with van der Waals surface area (Å²) in [5.41, 5.74) is 2.01. The summed E-state index contributed by atoms with van der Waals surface area (Å²) in [4.78, 5) is 4.87. The van der Waals surface area contributed by atoms with E-state index in [1.807, 2.05) is 70.1 Å². The summed E-state index contributed by atoms with van der Waals surface area (Å²) in [5, 5.41) is 24.5. The van der Waals surface area contributed by atoms with Crippen LogP contribution in [0, 0.1) is 23.7 Å². The van der Waals surface area contributed by atoms with Crippen LogP contribution in [0.2, 0.25) is 0 Å². The predicted octanol–water partition coefficient (Wildman–Crippen LogP) is 3.71. The SMILES string of the molecule is C=CC1CN2CCC1CC2[C@@H](O)[n+]1cccc2ccc(OC)cc21.C=CC1CN2CCC1CC2[C@@H](O)[n+]1cccc2ccc(OC)cc21.O=S(=O)([O-])[O-]. The standard InChI is InChI=1S/2C20H25N2O2.H2O4S/c2*1-3-14-13-21-10-8-16(14)11-19(21)20(23)22-9-4-5-15-6-7-17(24-2)12-18(15)22;1-5(2,3)4/h2*3-7,9,12,14,16,19-20,23H,1,8,10-11,13H2,2H3;(H2,1,2,3,4)/q2*+1;/p-2/t2*14?,16?,19?,20-;/m11./s1. The van der Waals surface area contributed by atoms with E-state index in [0.29, 0.717) is 23.7 Å². The molecule has 8 unspecified atom stereocenters. The van der Waals surface area contributed by atoms with Crippen molar-refractivity contribution in [2.24, 2.45) is 23.7 Å². The highest BCUT2D eigenvalue weighted by molar-refractivity contribution is 7.79. The quantitative estimate of drug-likeness (QED) is 0.118. The maximum atomic E-state index is 11.1. The number of aliphatic hydroxyl groups excluding tert-OH is 2. The van der Waals surface area contributed by atoms with Gasteiger partial charge in [-0.3, -0.25) is 18.2 Å².